The molecule has 2 heterocycles. The molecule has 0 spiro atoms. The number of aromatic nitrogens is 2. The van der Waals surface area contributed by atoms with E-state index in [1.54, 1.807) is 24.2 Å². The van der Waals surface area contributed by atoms with Crippen molar-refractivity contribution >= 4 is 34.1 Å². The number of nitrogens with zero attached hydrogens (tertiary/aromatic N) is 2. The van der Waals surface area contributed by atoms with Gasteiger partial charge in [0, 0.05) is 12.0 Å². The molecule has 0 fully saturated rings. The largest absolute Gasteiger partial charge is 0.445 e. The summed E-state index contributed by atoms with van der Waals surface area (Å²) in [5.74, 6) is 2.07. The van der Waals surface area contributed by atoms with Crippen LogP contribution in [0.1, 0.15) is 40.1 Å². The van der Waals surface area contributed by atoms with Crippen LogP contribution in [0.15, 0.2) is 75.6 Å². The molecule has 4 aromatic rings. The first-order valence-electron chi connectivity index (χ1n) is 9.66. The molecule has 1 amide bonds. The van der Waals surface area contributed by atoms with Gasteiger partial charge in [0.05, 0.1) is 22.4 Å². The second kappa shape index (κ2) is 9.73. The number of thiazole rings is 1. The molecule has 2 aromatic carbocycles. The Kier molecular flexibility index (Phi) is 6.61. The summed E-state index contributed by atoms with van der Waals surface area (Å²) < 4.78 is 6.63. The van der Waals surface area contributed by atoms with Gasteiger partial charge in [0.15, 0.2) is 5.13 Å². The molecule has 0 bridgehead atoms. The Morgan fingerprint density at radius 2 is 1.87 bits per heavy atom. The van der Waals surface area contributed by atoms with E-state index in [1.807, 2.05) is 49.4 Å². The van der Waals surface area contributed by atoms with Crippen LogP contribution in [0.2, 0.25) is 0 Å². The summed E-state index contributed by atoms with van der Waals surface area (Å²) in [6, 6.07) is 17.8. The molecule has 0 unspecified atom stereocenters. The van der Waals surface area contributed by atoms with Crippen molar-refractivity contribution in [2.75, 3.05) is 5.32 Å². The van der Waals surface area contributed by atoms with Gasteiger partial charge >= 0.3 is 0 Å². The number of aryl methyl sites for hydroxylation is 1. The molecule has 0 saturated heterocycles. The third-order valence-corrected chi connectivity index (χ3v) is 6.58. The van der Waals surface area contributed by atoms with Crippen molar-refractivity contribution in [3.8, 4) is 0 Å². The number of carbonyl (C=O) groups is 1. The summed E-state index contributed by atoms with van der Waals surface area (Å²) in [6.45, 7) is 2.04. The maximum atomic E-state index is 12.9. The fraction of sp³-hybridized carbons (Fsp3) is 0.174. The second-order valence-corrected chi connectivity index (χ2v) is 8.93. The molecule has 5 nitrogen and oxygen atoms in total. The molecule has 1 N–H and O–H groups in total. The Bertz CT molecular complexity index is 1120. The molecule has 0 atom stereocenters. The minimum atomic E-state index is -0.146. The molecule has 0 aliphatic carbocycles. The quantitative estimate of drug-likeness (QED) is 0.353. The number of amides is 1. The minimum absolute atomic E-state index is 0.146. The van der Waals surface area contributed by atoms with E-state index >= 15 is 0 Å². The third kappa shape index (κ3) is 5.17. The predicted molar refractivity (Wildman–Crippen MR) is 121 cm³/mol. The van der Waals surface area contributed by atoms with Gasteiger partial charge in [-0.3, -0.25) is 10.1 Å². The molecule has 0 radical (unpaired) electrons. The van der Waals surface area contributed by atoms with Crippen molar-refractivity contribution in [2.24, 2.45) is 0 Å². The van der Waals surface area contributed by atoms with Crippen LogP contribution in [0.4, 0.5) is 5.13 Å². The summed E-state index contributed by atoms with van der Waals surface area (Å²) in [4.78, 5) is 21.5. The number of thioether (sulfide) groups is 1. The van der Waals surface area contributed by atoms with Crippen LogP contribution < -0.4 is 5.32 Å². The molecule has 7 heteroatoms. The number of hydrogen-bond acceptors (Lipinski definition) is 6. The number of anilines is 1. The Labute approximate surface area is 183 Å². The van der Waals surface area contributed by atoms with Crippen LogP contribution in [-0.2, 0) is 18.6 Å². The lowest BCUT2D eigenvalue weighted by Crippen LogP contribution is -2.14. The number of oxazole rings is 1. The second-order valence-electron chi connectivity index (χ2n) is 6.62. The first-order chi connectivity index (χ1) is 14.7. The lowest BCUT2D eigenvalue weighted by Gasteiger charge is -2.09. The molecule has 0 saturated carbocycles. The van der Waals surface area contributed by atoms with Crippen molar-refractivity contribution in [3.05, 3.63) is 95.3 Å². The summed E-state index contributed by atoms with van der Waals surface area (Å²) >= 11 is 3.04. The maximum absolute atomic E-state index is 12.9. The Morgan fingerprint density at radius 1 is 1.07 bits per heavy atom. The van der Waals surface area contributed by atoms with E-state index in [-0.39, 0.29) is 5.91 Å². The van der Waals surface area contributed by atoms with E-state index in [4.69, 9.17) is 4.42 Å². The monoisotopic (exact) mass is 435 g/mol. The molecule has 30 heavy (non-hydrogen) atoms. The first kappa shape index (κ1) is 20.4. The standard InChI is InChI=1S/C23H21N3O2S2/c1-2-18-13-24-20(28-18)15-29-21-14-25-23(30-21)26-22(27)19-11-7-6-10-17(19)12-16-8-4-3-5-9-16/h3-11,13-14H,2,12,15H2,1H3,(H,25,26,27). The van der Waals surface area contributed by atoms with Crippen LogP contribution in [0.3, 0.4) is 0 Å². The Hall–Kier alpha value is -2.90. The number of benzene rings is 2. The van der Waals surface area contributed by atoms with Crippen molar-refractivity contribution in [1.82, 2.24) is 9.97 Å². The van der Waals surface area contributed by atoms with Crippen molar-refractivity contribution in [3.63, 3.8) is 0 Å². The van der Waals surface area contributed by atoms with Gasteiger partial charge in [-0.15, -0.1) is 11.8 Å². The molecule has 152 valence electrons. The number of hydrogen-bond donors (Lipinski definition) is 1. The van der Waals surface area contributed by atoms with E-state index in [0.29, 0.717) is 28.8 Å². The van der Waals surface area contributed by atoms with Gasteiger partial charge in [-0.2, -0.15) is 0 Å². The summed E-state index contributed by atoms with van der Waals surface area (Å²) in [7, 11) is 0. The molecule has 2 aromatic heterocycles. The molecular formula is C23H21N3O2S2. The lowest BCUT2D eigenvalue weighted by molar-refractivity contribution is 0.102. The summed E-state index contributed by atoms with van der Waals surface area (Å²) in [5.41, 5.74) is 2.82. The number of carbonyl (C=O) groups excluding carboxylic acids is 1. The van der Waals surface area contributed by atoms with Crippen LogP contribution >= 0.6 is 23.1 Å². The Morgan fingerprint density at radius 3 is 2.67 bits per heavy atom. The predicted octanol–water partition coefficient (Wildman–Crippen LogP) is 5.83. The average Bonchev–Trinajstić information content (AvgIpc) is 3.42. The number of nitrogens with one attached hydrogen (secondary N) is 1. The van der Waals surface area contributed by atoms with Gasteiger partial charge in [0.25, 0.3) is 5.91 Å². The summed E-state index contributed by atoms with van der Waals surface area (Å²) in [6.07, 6.45) is 5.07. The summed E-state index contributed by atoms with van der Waals surface area (Å²) in [5, 5.41) is 3.51. The fourth-order valence-corrected chi connectivity index (χ4v) is 4.69. The van der Waals surface area contributed by atoms with E-state index in [0.717, 1.165) is 22.0 Å². The highest BCUT2D eigenvalue weighted by atomic mass is 32.2. The fourth-order valence-electron chi connectivity index (χ4n) is 2.97. The topological polar surface area (TPSA) is 68.0 Å². The van der Waals surface area contributed by atoms with Gasteiger partial charge in [-0.05, 0) is 23.6 Å². The van der Waals surface area contributed by atoms with Gasteiger partial charge < -0.3 is 4.42 Å². The van der Waals surface area contributed by atoms with Gasteiger partial charge in [-0.25, -0.2) is 9.97 Å². The van der Waals surface area contributed by atoms with Crippen LogP contribution in [0, 0.1) is 0 Å². The molecule has 4 rings (SSSR count). The van der Waals surface area contributed by atoms with E-state index in [2.05, 4.69) is 27.4 Å². The van der Waals surface area contributed by atoms with E-state index < -0.39 is 0 Å². The zero-order chi connectivity index (χ0) is 20.8. The Balaban J connectivity index is 1.40. The molecule has 0 aliphatic heterocycles. The highest BCUT2D eigenvalue weighted by Gasteiger charge is 2.14. The lowest BCUT2D eigenvalue weighted by atomic mass is 9.99. The third-order valence-electron chi connectivity index (χ3n) is 4.49. The smallest absolute Gasteiger partial charge is 0.257 e. The zero-order valence-corrected chi connectivity index (χ0v) is 18.1. The van der Waals surface area contributed by atoms with Gasteiger partial charge in [0.1, 0.15) is 5.76 Å². The van der Waals surface area contributed by atoms with Crippen LogP contribution in [-0.4, -0.2) is 15.9 Å². The normalized spacial score (nSPS) is 10.8. The molecule has 0 aliphatic rings. The SMILES string of the molecule is CCc1cnc(CSc2cnc(NC(=O)c3ccccc3Cc3ccccc3)s2)o1. The zero-order valence-electron chi connectivity index (χ0n) is 16.5. The van der Waals surface area contributed by atoms with Crippen molar-refractivity contribution in [2.45, 2.75) is 29.7 Å². The van der Waals surface area contributed by atoms with Crippen LogP contribution in [0.25, 0.3) is 0 Å². The highest BCUT2D eigenvalue weighted by molar-refractivity contribution is 8.00. The van der Waals surface area contributed by atoms with E-state index in [1.165, 1.54) is 16.9 Å². The first-order valence-corrected chi connectivity index (χ1v) is 11.5. The van der Waals surface area contributed by atoms with Crippen LogP contribution in [0.5, 0.6) is 0 Å². The van der Waals surface area contributed by atoms with E-state index in [9.17, 15) is 4.79 Å². The number of rotatable bonds is 8. The van der Waals surface area contributed by atoms with Gasteiger partial charge in [-0.1, -0.05) is 66.8 Å². The average molecular weight is 436 g/mol. The maximum Gasteiger partial charge on any atom is 0.257 e. The highest BCUT2D eigenvalue weighted by Crippen LogP contribution is 2.31. The minimum Gasteiger partial charge on any atom is -0.445 e. The molecular weight excluding hydrogens is 414 g/mol. The van der Waals surface area contributed by atoms with Gasteiger partial charge in [0.2, 0.25) is 5.89 Å². The van der Waals surface area contributed by atoms with Crippen molar-refractivity contribution < 1.29 is 9.21 Å². The van der Waals surface area contributed by atoms with Crippen molar-refractivity contribution in [1.29, 1.82) is 0 Å².